The van der Waals surface area contributed by atoms with Crippen molar-refractivity contribution in [3.05, 3.63) is 71.9 Å². The molecular weight excluding hydrogens is 466 g/mol. The maximum absolute atomic E-state index is 13.7. The Balaban J connectivity index is 1.58. The summed E-state index contributed by atoms with van der Waals surface area (Å²) >= 11 is 0. The van der Waals surface area contributed by atoms with E-state index in [2.05, 4.69) is 15.6 Å². The van der Waals surface area contributed by atoms with Gasteiger partial charge in [0.05, 0.1) is 12.6 Å². The van der Waals surface area contributed by atoms with E-state index in [1.165, 1.54) is 0 Å². The number of epoxide rings is 1. The Morgan fingerprint density at radius 2 is 1.59 bits per heavy atom. The smallest absolute Gasteiger partial charge is 0.243 e. The van der Waals surface area contributed by atoms with Crippen LogP contribution in [0.25, 0.3) is 10.9 Å². The Hall–Kier alpha value is -3.45. The zero-order chi connectivity index (χ0) is 26.6. The molecule has 1 aliphatic rings. The van der Waals surface area contributed by atoms with E-state index in [4.69, 9.17) is 4.74 Å². The number of Topliss-reactive ketones (excluding diaryl/α,β-unsaturated/α-hetero) is 1. The molecule has 0 aliphatic carbocycles. The third kappa shape index (κ3) is 6.28. The molecule has 0 radical (unpaired) electrons. The Morgan fingerprint density at radius 3 is 2.27 bits per heavy atom. The number of carbonyl (C=O) groups is 3. The normalized spacial score (nSPS) is 20.0. The van der Waals surface area contributed by atoms with Gasteiger partial charge in [0, 0.05) is 29.4 Å². The summed E-state index contributed by atoms with van der Waals surface area (Å²) in [6.45, 7) is 8.05. The van der Waals surface area contributed by atoms with Crippen LogP contribution in [0.15, 0.2) is 60.8 Å². The minimum Gasteiger partial charge on any atom is -0.361 e. The van der Waals surface area contributed by atoms with Crippen LogP contribution in [0.4, 0.5) is 0 Å². The van der Waals surface area contributed by atoms with E-state index < -0.39 is 17.7 Å². The molecule has 2 heterocycles. The average Bonchev–Trinajstić information content (AvgIpc) is 3.54. The van der Waals surface area contributed by atoms with E-state index in [1.54, 1.807) is 6.92 Å². The average molecular weight is 504 g/mol. The maximum Gasteiger partial charge on any atom is 0.243 e. The van der Waals surface area contributed by atoms with Gasteiger partial charge in [0.15, 0.2) is 5.78 Å². The molecule has 3 N–H and O–H groups in total. The highest BCUT2D eigenvalue weighted by atomic mass is 16.6. The van der Waals surface area contributed by atoms with Gasteiger partial charge in [0.1, 0.15) is 11.6 Å². The van der Waals surface area contributed by atoms with Crippen molar-refractivity contribution in [3.8, 4) is 0 Å². The number of hydrogen-bond acceptors (Lipinski definition) is 4. The molecule has 2 amide bonds. The van der Waals surface area contributed by atoms with Gasteiger partial charge in [0.25, 0.3) is 0 Å². The second-order valence-electron chi connectivity index (χ2n) is 10.4. The van der Waals surface area contributed by atoms with E-state index >= 15 is 0 Å². The zero-order valence-electron chi connectivity index (χ0n) is 22.0. The summed E-state index contributed by atoms with van der Waals surface area (Å²) in [5, 5.41) is 6.96. The zero-order valence-corrected chi connectivity index (χ0v) is 22.0. The number of aromatic nitrogens is 1. The number of amides is 2. The molecule has 7 heteroatoms. The highest BCUT2D eigenvalue weighted by Gasteiger charge is 2.50. The second kappa shape index (κ2) is 11.3. The molecule has 1 aliphatic heterocycles. The molecule has 5 atom stereocenters. The minimum atomic E-state index is -0.882. The number of rotatable bonds is 12. The third-order valence-electron chi connectivity index (χ3n) is 7.66. The Labute approximate surface area is 218 Å². The van der Waals surface area contributed by atoms with Gasteiger partial charge in [-0.3, -0.25) is 14.4 Å². The standard InChI is InChI=1S/C30H37N3O4/c1-5-19(2)20(3)28(35)33-26(16-22-17-31-24-14-10-9-13-23(22)24)29(36)32-25(27(34)30(4)18-37-30)15-21-11-7-6-8-12-21/h6-14,17,19-20,25-26,31H,5,15-16,18H2,1-4H3,(H,32,36)(H,33,35)/t19?,20-,25?,26?,30?/m1/s1. The fourth-order valence-electron chi connectivity index (χ4n) is 4.60. The van der Waals surface area contributed by atoms with Crippen LogP contribution in [0.3, 0.4) is 0 Å². The summed E-state index contributed by atoms with van der Waals surface area (Å²) in [6, 6.07) is 15.8. The molecule has 196 valence electrons. The van der Waals surface area contributed by atoms with Gasteiger partial charge in [-0.2, -0.15) is 0 Å². The topological polar surface area (TPSA) is 104 Å². The first-order valence-electron chi connectivity index (χ1n) is 13.1. The molecule has 4 unspecified atom stereocenters. The van der Waals surface area contributed by atoms with Crippen LogP contribution >= 0.6 is 0 Å². The van der Waals surface area contributed by atoms with Crippen molar-refractivity contribution < 1.29 is 19.1 Å². The Bertz CT molecular complexity index is 1250. The minimum absolute atomic E-state index is 0.158. The van der Waals surface area contributed by atoms with Gasteiger partial charge in [-0.1, -0.05) is 75.7 Å². The van der Waals surface area contributed by atoms with Crippen LogP contribution in [-0.4, -0.2) is 46.9 Å². The van der Waals surface area contributed by atoms with E-state index in [1.807, 2.05) is 81.6 Å². The summed E-state index contributed by atoms with van der Waals surface area (Å²) in [7, 11) is 0. The molecule has 1 aromatic heterocycles. The number of ketones is 1. The van der Waals surface area contributed by atoms with Gasteiger partial charge in [-0.25, -0.2) is 0 Å². The van der Waals surface area contributed by atoms with Gasteiger partial charge >= 0.3 is 0 Å². The lowest BCUT2D eigenvalue weighted by atomic mass is 9.92. The SMILES string of the molecule is CCC(C)[C@@H](C)C(=O)NC(Cc1c[nH]c2ccccc12)C(=O)NC(Cc1ccccc1)C(=O)C1(C)CO1. The number of ether oxygens (including phenoxy) is 1. The Kier molecular flexibility index (Phi) is 8.13. The largest absolute Gasteiger partial charge is 0.361 e. The number of aromatic amines is 1. The molecular formula is C30H37N3O4. The number of fused-ring (bicyclic) bond motifs is 1. The number of benzene rings is 2. The van der Waals surface area contributed by atoms with Crippen molar-refractivity contribution in [2.24, 2.45) is 11.8 Å². The second-order valence-corrected chi connectivity index (χ2v) is 10.4. The molecule has 2 aromatic carbocycles. The molecule has 37 heavy (non-hydrogen) atoms. The number of hydrogen-bond donors (Lipinski definition) is 3. The molecule has 0 saturated carbocycles. The first-order chi connectivity index (χ1) is 17.7. The number of H-pyrrole nitrogens is 1. The van der Waals surface area contributed by atoms with Crippen molar-refractivity contribution in [2.75, 3.05) is 6.61 Å². The predicted octanol–water partition coefficient (Wildman–Crippen LogP) is 3.96. The summed E-state index contributed by atoms with van der Waals surface area (Å²) in [6.07, 6.45) is 3.39. The lowest BCUT2D eigenvalue weighted by Crippen LogP contribution is -2.55. The van der Waals surface area contributed by atoms with E-state index in [0.717, 1.165) is 28.5 Å². The van der Waals surface area contributed by atoms with E-state index in [0.29, 0.717) is 19.4 Å². The van der Waals surface area contributed by atoms with Gasteiger partial charge in [-0.15, -0.1) is 0 Å². The molecule has 0 bridgehead atoms. The van der Waals surface area contributed by atoms with Crippen molar-refractivity contribution in [2.45, 2.75) is 64.6 Å². The van der Waals surface area contributed by atoms with Crippen molar-refractivity contribution in [1.82, 2.24) is 15.6 Å². The molecule has 3 aromatic rings. The van der Waals surface area contributed by atoms with E-state index in [-0.39, 0.29) is 29.4 Å². The number of carbonyl (C=O) groups excluding carboxylic acids is 3. The fourth-order valence-corrected chi connectivity index (χ4v) is 4.60. The van der Waals surface area contributed by atoms with Crippen LogP contribution in [0.2, 0.25) is 0 Å². The quantitative estimate of drug-likeness (QED) is 0.326. The van der Waals surface area contributed by atoms with Gasteiger partial charge in [-0.05, 0) is 36.5 Å². The van der Waals surface area contributed by atoms with Crippen LogP contribution in [-0.2, 0) is 32.0 Å². The predicted molar refractivity (Wildman–Crippen MR) is 144 cm³/mol. The number of para-hydroxylation sites is 1. The highest BCUT2D eigenvalue weighted by molar-refractivity contribution is 5.98. The lowest BCUT2D eigenvalue weighted by molar-refractivity contribution is -0.134. The van der Waals surface area contributed by atoms with Crippen LogP contribution in [0, 0.1) is 11.8 Å². The summed E-state index contributed by atoms with van der Waals surface area (Å²) in [5.41, 5.74) is 1.95. The Morgan fingerprint density at radius 1 is 0.946 bits per heavy atom. The summed E-state index contributed by atoms with van der Waals surface area (Å²) in [5.74, 6) is -0.777. The van der Waals surface area contributed by atoms with Crippen LogP contribution < -0.4 is 10.6 Å². The first-order valence-corrected chi connectivity index (χ1v) is 13.1. The summed E-state index contributed by atoms with van der Waals surface area (Å²) < 4.78 is 5.41. The summed E-state index contributed by atoms with van der Waals surface area (Å²) in [4.78, 5) is 43.4. The number of nitrogens with one attached hydrogen (secondary N) is 3. The van der Waals surface area contributed by atoms with Crippen molar-refractivity contribution in [3.63, 3.8) is 0 Å². The van der Waals surface area contributed by atoms with Crippen LogP contribution in [0.1, 0.15) is 45.2 Å². The first kappa shape index (κ1) is 26.6. The van der Waals surface area contributed by atoms with E-state index in [9.17, 15) is 14.4 Å². The third-order valence-corrected chi connectivity index (χ3v) is 7.66. The monoisotopic (exact) mass is 503 g/mol. The molecule has 1 fully saturated rings. The van der Waals surface area contributed by atoms with Crippen LogP contribution in [0.5, 0.6) is 0 Å². The molecule has 0 spiro atoms. The molecule has 1 saturated heterocycles. The van der Waals surface area contributed by atoms with Gasteiger partial charge < -0.3 is 20.4 Å². The van der Waals surface area contributed by atoms with Crippen molar-refractivity contribution >= 4 is 28.5 Å². The molecule has 7 nitrogen and oxygen atoms in total. The lowest BCUT2D eigenvalue weighted by Gasteiger charge is -2.26. The maximum atomic E-state index is 13.7. The van der Waals surface area contributed by atoms with Crippen molar-refractivity contribution in [1.29, 1.82) is 0 Å². The fraction of sp³-hybridized carbons (Fsp3) is 0.433. The van der Waals surface area contributed by atoms with Gasteiger partial charge in [0.2, 0.25) is 11.8 Å². The highest BCUT2D eigenvalue weighted by Crippen LogP contribution is 2.29. The molecule has 4 rings (SSSR count).